The predicted molar refractivity (Wildman–Crippen MR) is 112 cm³/mol. The number of urea groups is 1. The van der Waals surface area contributed by atoms with Crippen LogP contribution in [0.2, 0.25) is 0 Å². The van der Waals surface area contributed by atoms with Crippen LogP contribution in [0.5, 0.6) is 0 Å². The molecule has 8 heteroatoms. The molecule has 2 N–H and O–H groups in total. The average Bonchev–Trinajstić information content (AvgIpc) is 3.25. The second-order valence-corrected chi connectivity index (χ2v) is 8.20. The summed E-state index contributed by atoms with van der Waals surface area (Å²) < 4.78 is 0. The van der Waals surface area contributed by atoms with E-state index in [1.807, 2.05) is 31.2 Å². The van der Waals surface area contributed by atoms with Crippen LogP contribution in [0.3, 0.4) is 0 Å². The lowest BCUT2D eigenvalue weighted by atomic mass is 10.0. The molecule has 1 fully saturated rings. The van der Waals surface area contributed by atoms with Crippen molar-refractivity contribution in [2.75, 3.05) is 5.32 Å². The van der Waals surface area contributed by atoms with Crippen molar-refractivity contribution in [2.45, 2.75) is 44.9 Å². The third-order valence-electron chi connectivity index (χ3n) is 6.35. The molecule has 2 aromatic rings. The third-order valence-corrected chi connectivity index (χ3v) is 6.35. The topological polar surface area (TPSA) is 98.8 Å². The lowest BCUT2D eigenvalue weighted by Gasteiger charge is -2.29. The summed E-state index contributed by atoms with van der Waals surface area (Å²) in [4.78, 5) is 52.6. The third kappa shape index (κ3) is 3.24. The first kappa shape index (κ1) is 19.3. The fourth-order valence-electron chi connectivity index (χ4n) is 4.67. The number of imide groups is 1. The van der Waals surface area contributed by atoms with E-state index in [0.717, 1.165) is 16.7 Å². The first-order valence-corrected chi connectivity index (χ1v) is 10.4. The molecule has 31 heavy (non-hydrogen) atoms. The lowest BCUT2D eigenvalue weighted by Crippen LogP contribution is -2.52. The molecular formula is C23H22N4O4. The summed E-state index contributed by atoms with van der Waals surface area (Å²) in [6, 6.07) is 12.3. The Labute approximate surface area is 179 Å². The van der Waals surface area contributed by atoms with Crippen LogP contribution in [0.4, 0.5) is 10.5 Å². The molecule has 2 atom stereocenters. The fourth-order valence-corrected chi connectivity index (χ4v) is 4.67. The maximum absolute atomic E-state index is 12.9. The molecule has 158 valence electrons. The van der Waals surface area contributed by atoms with Gasteiger partial charge in [-0.2, -0.15) is 0 Å². The second-order valence-electron chi connectivity index (χ2n) is 8.20. The van der Waals surface area contributed by atoms with Crippen LogP contribution < -0.4 is 10.6 Å². The molecule has 0 aliphatic carbocycles. The molecule has 3 aliphatic heterocycles. The van der Waals surface area contributed by atoms with Gasteiger partial charge >= 0.3 is 6.03 Å². The van der Waals surface area contributed by atoms with Crippen molar-refractivity contribution in [2.24, 2.45) is 0 Å². The number of carbonyl (C=O) groups excluding carboxylic acids is 4. The second kappa shape index (κ2) is 7.23. The molecule has 3 aliphatic rings. The van der Waals surface area contributed by atoms with Crippen LogP contribution >= 0.6 is 0 Å². The Morgan fingerprint density at radius 1 is 1.06 bits per heavy atom. The van der Waals surface area contributed by atoms with E-state index in [1.165, 1.54) is 4.90 Å². The van der Waals surface area contributed by atoms with Gasteiger partial charge in [-0.3, -0.25) is 19.7 Å². The van der Waals surface area contributed by atoms with Crippen LogP contribution in [0, 0.1) is 0 Å². The molecule has 5 rings (SSSR count). The lowest BCUT2D eigenvalue weighted by molar-refractivity contribution is -0.136. The van der Waals surface area contributed by atoms with Crippen LogP contribution in [-0.4, -0.2) is 39.6 Å². The standard InChI is InChI=1S/C23H22N4O4/c1-13-17-5-3-2-4-14(17)11-26(13)23(31)24-16-6-7-18-15(10-16)12-27(22(18)30)19-8-9-20(28)25-21(19)29/h2-7,10,13,19H,8-9,11-12H2,1H3,(H,24,31)(H,25,28,29)/t13-,19?/m0/s1. The zero-order chi connectivity index (χ0) is 21.7. The number of piperidine rings is 1. The van der Waals surface area contributed by atoms with Crippen LogP contribution in [-0.2, 0) is 22.7 Å². The van der Waals surface area contributed by atoms with Crippen molar-refractivity contribution in [3.8, 4) is 0 Å². The minimum absolute atomic E-state index is 0.0183. The Balaban J connectivity index is 1.30. The minimum atomic E-state index is -0.653. The molecule has 0 bridgehead atoms. The number of hydrogen-bond acceptors (Lipinski definition) is 4. The van der Waals surface area contributed by atoms with Crippen LogP contribution in [0.25, 0.3) is 0 Å². The fraction of sp³-hybridized carbons (Fsp3) is 0.304. The molecule has 2 aromatic carbocycles. The first-order valence-electron chi connectivity index (χ1n) is 10.4. The molecule has 0 spiro atoms. The van der Waals surface area contributed by atoms with Crippen molar-refractivity contribution in [3.63, 3.8) is 0 Å². The van der Waals surface area contributed by atoms with E-state index in [-0.39, 0.29) is 36.9 Å². The number of amides is 5. The maximum atomic E-state index is 12.9. The molecule has 3 heterocycles. The van der Waals surface area contributed by atoms with Crippen molar-refractivity contribution in [1.29, 1.82) is 0 Å². The van der Waals surface area contributed by atoms with Gasteiger partial charge in [-0.1, -0.05) is 24.3 Å². The molecule has 8 nitrogen and oxygen atoms in total. The maximum Gasteiger partial charge on any atom is 0.322 e. The number of anilines is 1. The van der Waals surface area contributed by atoms with E-state index in [4.69, 9.17) is 0 Å². The van der Waals surface area contributed by atoms with E-state index in [2.05, 4.69) is 10.6 Å². The quantitative estimate of drug-likeness (QED) is 0.733. The highest BCUT2D eigenvalue weighted by Gasteiger charge is 2.39. The summed E-state index contributed by atoms with van der Waals surface area (Å²) in [5, 5.41) is 5.24. The number of hydrogen-bond donors (Lipinski definition) is 2. The Morgan fingerprint density at radius 2 is 1.87 bits per heavy atom. The molecule has 0 aromatic heterocycles. The van der Waals surface area contributed by atoms with Gasteiger partial charge in [0.2, 0.25) is 11.8 Å². The van der Waals surface area contributed by atoms with Crippen molar-refractivity contribution in [3.05, 3.63) is 64.7 Å². The van der Waals surface area contributed by atoms with Gasteiger partial charge < -0.3 is 15.1 Å². The Kier molecular flexibility index (Phi) is 4.50. The zero-order valence-electron chi connectivity index (χ0n) is 17.1. The number of rotatable bonds is 2. The normalized spacial score (nSPS) is 22.3. The predicted octanol–water partition coefficient (Wildman–Crippen LogP) is 2.56. The summed E-state index contributed by atoms with van der Waals surface area (Å²) in [6.45, 7) is 2.83. The van der Waals surface area contributed by atoms with E-state index in [9.17, 15) is 19.2 Å². The number of nitrogens with one attached hydrogen (secondary N) is 2. The van der Waals surface area contributed by atoms with Gasteiger partial charge in [0.1, 0.15) is 6.04 Å². The van der Waals surface area contributed by atoms with Gasteiger partial charge in [0, 0.05) is 30.8 Å². The smallest absolute Gasteiger partial charge is 0.322 e. The van der Waals surface area contributed by atoms with E-state index in [0.29, 0.717) is 24.2 Å². The monoisotopic (exact) mass is 418 g/mol. The Morgan fingerprint density at radius 3 is 2.65 bits per heavy atom. The summed E-state index contributed by atoms with van der Waals surface area (Å²) in [5.74, 6) is -0.979. The summed E-state index contributed by atoms with van der Waals surface area (Å²) >= 11 is 0. The molecule has 1 unspecified atom stereocenters. The summed E-state index contributed by atoms with van der Waals surface area (Å²) in [7, 11) is 0. The van der Waals surface area contributed by atoms with Crippen LogP contribution in [0.15, 0.2) is 42.5 Å². The molecule has 1 saturated heterocycles. The number of nitrogens with zero attached hydrogens (tertiary/aromatic N) is 2. The van der Waals surface area contributed by atoms with Gasteiger partial charge in [-0.25, -0.2) is 4.79 Å². The highest BCUT2D eigenvalue weighted by molar-refractivity contribution is 6.05. The minimum Gasteiger partial charge on any atom is -0.322 e. The summed E-state index contributed by atoms with van der Waals surface area (Å²) in [6.07, 6.45) is 0.537. The Hall–Kier alpha value is -3.68. The van der Waals surface area contributed by atoms with E-state index in [1.54, 1.807) is 23.1 Å². The largest absolute Gasteiger partial charge is 0.322 e. The number of carbonyl (C=O) groups is 4. The van der Waals surface area contributed by atoms with Crippen molar-refractivity contribution in [1.82, 2.24) is 15.1 Å². The molecule has 0 radical (unpaired) electrons. The number of benzene rings is 2. The number of fused-ring (bicyclic) bond motifs is 2. The highest BCUT2D eigenvalue weighted by Crippen LogP contribution is 2.34. The zero-order valence-corrected chi connectivity index (χ0v) is 17.1. The van der Waals surface area contributed by atoms with Gasteiger partial charge in [0.05, 0.1) is 6.04 Å². The van der Waals surface area contributed by atoms with Gasteiger partial charge in [-0.05, 0) is 48.2 Å². The molecule has 5 amide bonds. The van der Waals surface area contributed by atoms with E-state index < -0.39 is 11.9 Å². The Bertz CT molecular complexity index is 1130. The highest BCUT2D eigenvalue weighted by atomic mass is 16.2. The summed E-state index contributed by atoms with van der Waals surface area (Å²) in [5.41, 5.74) is 4.17. The van der Waals surface area contributed by atoms with Crippen LogP contribution in [0.1, 0.15) is 52.9 Å². The molecule has 0 saturated carbocycles. The SMILES string of the molecule is C[C@H]1c2ccccc2CN1C(=O)Nc1ccc2c(c1)CN(C1CCC(=O)NC1=O)C2=O. The van der Waals surface area contributed by atoms with Crippen molar-refractivity contribution < 1.29 is 19.2 Å². The van der Waals surface area contributed by atoms with Gasteiger partial charge in [-0.15, -0.1) is 0 Å². The van der Waals surface area contributed by atoms with Gasteiger partial charge in [0.15, 0.2) is 0 Å². The first-order chi connectivity index (χ1) is 14.9. The van der Waals surface area contributed by atoms with Gasteiger partial charge in [0.25, 0.3) is 5.91 Å². The average molecular weight is 418 g/mol. The van der Waals surface area contributed by atoms with E-state index >= 15 is 0 Å². The molecular weight excluding hydrogens is 396 g/mol. The van der Waals surface area contributed by atoms with Crippen molar-refractivity contribution >= 4 is 29.4 Å².